The molecular formula is C17H26BrF2N. The van der Waals surface area contributed by atoms with E-state index in [0.29, 0.717) is 0 Å². The zero-order valence-electron chi connectivity index (χ0n) is 13.0. The van der Waals surface area contributed by atoms with Gasteiger partial charge >= 0.3 is 0 Å². The smallest absolute Gasteiger partial charge is 0.147 e. The van der Waals surface area contributed by atoms with Crippen molar-refractivity contribution in [2.45, 2.75) is 71.3 Å². The molecule has 0 fully saturated rings. The third-order valence-corrected chi connectivity index (χ3v) is 4.29. The largest absolute Gasteiger partial charge is 0.380 e. The van der Waals surface area contributed by atoms with Crippen LogP contribution in [-0.2, 0) is 0 Å². The van der Waals surface area contributed by atoms with E-state index in [-0.39, 0.29) is 16.2 Å². The Morgan fingerprint density at radius 2 is 1.52 bits per heavy atom. The first-order valence-electron chi connectivity index (χ1n) is 7.99. The number of anilines is 1. The van der Waals surface area contributed by atoms with Crippen molar-refractivity contribution in [3.63, 3.8) is 0 Å². The Hall–Kier alpha value is -0.640. The van der Waals surface area contributed by atoms with E-state index in [1.165, 1.54) is 37.8 Å². The number of halogens is 3. The molecule has 1 nitrogen and oxygen atoms in total. The maximum atomic E-state index is 13.9. The van der Waals surface area contributed by atoms with Crippen LogP contribution in [0.1, 0.15) is 65.2 Å². The molecule has 0 aliphatic heterocycles. The molecule has 0 saturated carbocycles. The van der Waals surface area contributed by atoms with E-state index in [1.807, 2.05) is 0 Å². The quantitative estimate of drug-likeness (QED) is 0.362. The minimum Gasteiger partial charge on any atom is -0.380 e. The molecule has 0 unspecified atom stereocenters. The summed E-state index contributed by atoms with van der Waals surface area (Å²) in [6.45, 7) is 4.34. The van der Waals surface area contributed by atoms with Gasteiger partial charge in [0, 0.05) is 12.1 Å². The number of nitrogens with one attached hydrogen (secondary N) is 1. The van der Waals surface area contributed by atoms with Crippen LogP contribution in [0.5, 0.6) is 0 Å². The van der Waals surface area contributed by atoms with Gasteiger partial charge in [0.1, 0.15) is 11.6 Å². The fourth-order valence-electron chi connectivity index (χ4n) is 2.42. The Morgan fingerprint density at radius 1 is 0.952 bits per heavy atom. The van der Waals surface area contributed by atoms with Crippen LogP contribution in [0.25, 0.3) is 0 Å². The highest BCUT2D eigenvalue weighted by molar-refractivity contribution is 9.10. The van der Waals surface area contributed by atoms with Crippen LogP contribution in [0, 0.1) is 11.6 Å². The average Bonchev–Trinajstić information content (AvgIpc) is 2.45. The van der Waals surface area contributed by atoms with Crippen molar-refractivity contribution in [2.75, 3.05) is 5.32 Å². The second kappa shape index (κ2) is 10.1. The second-order valence-corrected chi connectivity index (χ2v) is 6.43. The van der Waals surface area contributed by atoms with Crippen molar-refractivity contribution in [3.05, 3.63) is 28.2 Å². The molecule has 0 radical (unpaired) electrons. The van der Waals surface area contributed by atoms with Crippen LogP contribution >= 0.6 is 15.9 Å². The van der Waals surface area contributed by atoms with E-state index in [9.17, 15) is 8.78 Å². The molecule has 1 aromatic carbocycles. The molecule has 1 N–H and O–H groups in total. The molecule has 1 rings (SSSR count). The predicted molar refractivity (Wildman–Crippen MR) is 89.8 cm³/mol. The summed E-state index contributed by atoms with van der Waals surface area (Å²) in [5, 5.41) is 3.20. The fraction of sp³-hybridized carbons (Fsp3) is 0.647. The van der Waals surface area contributed by atoms with E-state index in [0.717, 1.165) is 25.7 Å². The molecule has 21 heavy (non-hydrogen) atoms. The first-order chi connectivity index (χ1) is 10.1. The van der Waals surface area contributed by atoms with Gasteiger partial charge in [-0.1, -0.05) is 52.4 Å². The van der Waals surface area contributed by atoms with Gasteiger partial charge in [0.25, 0.3) is 0 Å². The van der Waals surface area contributed by atoms with Gasteiger partial charge in [-0.05, 0) is 34.8 Å². The fourth-order valence-corrected chi connectivity index (χ4v) is 2.74. The van der Waals surface area contributed by atoms with E-state index in [2.05, 4.69) is 35.1 Å². The molecule has 0 aliphatic carbocycles. The van der Waals surface area contributed by atoms with Crippen LogP contribution < -0.4 is 5.32 Å². The van der Waals surface area contributed by atoms with Crippen molar-refractivity contribution in [3.8, 4) is 0 Å². The molecule has 0 amide bonds. The van der Waals surface area contributed by atoms with Crippen molar-refractivity contribution in [2.24, 2.45) is 0 Å². The van der Waals surface area contributed by atoms with Crippen molar-refractivity contribution in [1.29, 1.82) is 0 Å². The highest BCUT2D eigenvalue weighted by atomic mass is 79.9. The van der Waals surface area contributed by atoms with Gasteiger partial charge in [0.15, 0.2) is 0 Å². The van der Waals surface area contributed by atoms with Crippen LogP contribution in [-0.4, -0.2) is 6.04 Å². The summed E-state index contributed by atoms with van der Waals surface area (Å²) in [7, 11) is 0. The van der Waals surface area contributed by atoms with Gasteiger partial charge in [-0.2, -0.15) is 0 Å². The van der Waals surface area contributed by atoms with Gasteiger partial charge in [-0.15, -0.1) is 0 Å². The zero-order chi connectivity index (χ0) is 15.7. The summed E-state index contributed by atoms with van der Waals surface area (Å²) in [5.74, 6) is -0.834. The first kappa shape index (κ1) is 18.4. The topological polar surface area (TPSA) is 12.0 Å². The highest BCUT2D eigenvalue weighted by Crippen LogP contribution is 2.25. The molecule has 0 bridgehead atoms. The third-order valence-electron chi connectivity index (χ3n) is 3.68. The summed E-state index contributed by atoms with van der Waals surface area (Å²) in [6, 6.07) is 2.65. The van der Waals surface area contributed by atoms with Gasteiger partial charge in [-0.25, -0.2) is 8.78 Å². The van der Waals surface area contributed by atoms with Crippen molar-refractivity contribution in [1.82, 2.24) is 0 Å². The number of hydrogen-bond acceptors (Lipinski definition) is 1. The van der Waals surface area contributed by atoms with E-state index >= 15 is 0 Å². The molecule has 0 atom stereocenters. The Kier molecular flexibility index (Phi) is 8.90. The monoisotopic (exact) mass is 361 g/mol. The predicted octanol–water partition coefficient (Wildman–Crippen LogP) is 6.67. The molecule has 0 heterocycles. The van der Waals surface area contributed by atoms with Crippen LogP contribution in [0.2, 0.25) is 0 Å². The van der Waals surface area contributed by atoms with E-state index in [4.69, 9.17) is 0 Å². The average molecular weight is 362 g/mol. The Bertz CT molecular complexity index is 413. The lowest BCUT2D eigenvalue weighted by Gasteiger charge is -2.20. The van der Waals surface area contributed by atoms with Crippen molar-refractivity contribution < 1.29 is 8.78 Å². The number of hydrogen-bond donors (Lipinski definition) is 1. The van der Waals surface area contributed by atoms with Gasteiger partial charge < -0.3 is 5.32 Å². The van der Waals surface area contributed by atoms with Gasteiger partial charge in [0.2, 0.25) is 0 Å². The number of benzene rings is 1. The Morgan fingerprint density at radius 3 is 2.05 bits per heavy atom. The Labute approximate surface area is 135 Å². The van der Waals surface area contributed by atoms with Crippen LogP contribution in [0.15, 0.2) is 16.6 Å². The third kappa shape index (κ3) is 6.77. The maximum Gasteiger partial charge on any atom is 0.147 e. The molecule has 0 saturated heterocycles. The summed E-state index contributed by atoms with van der Waals surface area (Å²) in [6.07, 6.45) is 8.98. The molecular weight excluding hydrogens is 336 g/mol. The highest BCUT2D eigenvalue weighted by Gasteiger charge is 2.13. The summed E-state index contributed by atoms with van der Waals surface area (Å²) in [5.41, 5.74) is 0.272. The summed E-state index contributed by atoms with van der Waals surface area (Å²) in [4.78, 5) is 0. The standard InChI is InChI=1S/C17H26BrF2N/c1-3-5-7-9-13(10-8-6-4-2)21-17-12-15(19)14(18)11-16(17)20/h11-13,21H,3-10H2,1-2H3. The van der Waals surface area contributed by atoms with Crippen molar-refractivity contribution >= 4 is 21.6 Å². The first-order valence-corrected chi connectivity index (χ1v) is 8.78. The minimum absolute atomic E-state index is 0.166. The molecule has 120 valence electrons. The molecule has 0 spiro atoms. The lowest BCUT2D eigenvalue weighted by molar-refractivity contribution is 0.521. The molecule has 4 heteroatoms. The number of rotatable bonds is 10. The van der Waals surface area contributed by atoms with Crippen LogP contribution in [0.4, 0.5) is 14.5 Å². The normalized spacial score (nSPS) is 11.1. The lowest BCUT2D eigenvalue weighted by Crippen LogP contribution is -2.20. The molecule has 0 aliphatic rings. The van der Waals surface area contributed by atoms with E-state index in [1.54, 1.807) is 0 Å². The Balaban J connectivity index is 2.67. The van der Waals surface area contributed by atoms with Gasteiger partial charge in [0.05, 0.1) is 10.2 Å². The molecule has 0 aromatic heterocycles. The second-order valence-electron chi connectivity index (χ2n) is 5.58. The van der Waals surface area contributed by atoms with Crippen LogP contribution in [0.3, 0.4) is 0 Å². The van der Waals surface area contributed by atoms with Gasteiger partial charge in [-0.3, -0.25) is 0 Å². The summed E-state index contributed by atoms with van der Waals surface area (Å²) >= 11 is 3.01. The van der Waals surface area contributed by atoms with E-state index < -0.39 is 11.6 Å². The number of unbranched alkanes of at least 4 members (excludes halogenated alkanes) is 4. The lowest BCUT2D eigenvalue weighted by atomic mass is 10.0. The maximum absolute atomic E-state index is 13.9. The molecule has 1 aromatic rings. The summed E-state index contributed by atoms with van der Waals surface area (Å²) < 4.78 is 27.6. The minimum atomic E-state index is -0.431. The SMILES string of the molecule is CCCCCC(CCCCC)Nc1cc(F)c(Br)cc1F. The zero-order valence-corrected chi connectivity index (χ0v) is 14.6.